The molecule has 0 amide bonds. The van der Waals surface area contributed by atoms with Crippen LogP contribution in [-0.2, 0) is 14.2 Å². The summed E-state index contributed by atoms with van der Waals surface area (Å²) in [4.78, 5) is 0. The number of rotatable bonds is 6. The van der Waals surface area contributed by atoms with Gasteiger partial charge in [-0.15, -0.1) is 0 Å². The first kappa shape index (κ1) is 18.9. The summed E-state index contributed by atoms with van der Waals surface area (Å²) in [6.07, 6.45) is -14.8. The molecule has 2 saturated heterocycles. The Balaban J connectivity index is 2.02. The number of hydrogen-bond donors (Lipinski definition) is 8. The van der Waals surface area contributed by atoms with E-state index in [1.807, 2.05) is 0 Å². The van der Waals surface area contributed by atoms with Crippen LogP contribution in [0.25, 0.3) is 0 Å². The largest absolute Gasteiger partial charge is 0.394 e. The summed E-state index contributed by atoms with van der Waals surface area (Å²) in [7, 11) is 0. The Bertz CT molecular complexity index is 382. The van der Waals surface area contributed by atoms with Crippen molar-refractivity contribution in [2.45, 2.75) is 61.4 Å². The Kier molecular flexibility index (Phi) is 6.27. The fourth-order valence-electron chi connectivity index (χ4n) is 2.60. The summed E-state index contributed by atoms with van der Waals surface area (Å²) in [6, 6.07) is 0. The fourth-order valence-corrected chi connectivity index (χ4v) is 2.60. The van der Waals surface area contributed by atoms with Crippen molar-refractivity contribution in [3.8, 4) is 0 Å². The third-order valence-corrected chi connectivity index (χ3v) is 3.95. The van der Waals surface area contributed by atoms with E-state index in [4.69, 9.17) is 19.3 Å². The lowest BCUT2D eigenvalue weighted by atomic mass is 10.1. The number of aliphatic hydroxyl groups is 8. The predicted molar refractivity (Wildman–Crippen MR) is 68.6 cm³/mol. The molecule has 2 aliphatic heterocycles. The van der Waals surface area contributed by atoms with E-state index in [2.05, 4.69) is 0 Å². The Morgan fingerprint density at radius 3 is 1.87 bits per heavy atom. The second-order valence-corrected chi connectivity index (χ2v) is 5.53. The van der Waals surface area contributed by atoms with Crippen LogP contribution in [0.3, 0.4) is 0 Å². The maximum absolute atomic E-state index is 9.85. The van der Waals surface area contributed by atoms with Crippen molar-refractivity contribution in [2.24, 2.45) is 0 Å². The molecule has 10 atom stereocenters. The molecule has 136 valence electrons. The van der Waals surface area contributed by atoms with Gasteiger partial charge in [0.2, 0.25) is 0 Å². The molecule has 0 saturated carbocycles. The molecule has 0 aliphatic carbocycles. The molecule has 23 heavy (non-hydrogen) atoms. The maximum Gasteiger partial charge on any atom is 0.187 e. The summed E-state index contributed by atoms with van der Waals surface area (Å²) in [5.41, 5.74) is 0. The van der Waals surface area contributed by atoms with Crippen molar-refractivity contribution in [3.05, 3.63) is 0 Å². The first-order chi connectivity index (χ1) is 10.8. The van der Waals surface area contributed by atoms with E-state index in [9.17, 15) is 35.7 Å². The SMILES string of the molecule is OCC(O)[C@@H]1OC(O[C@@H](CO)C2OC(O)[C@H](O)[C@H]2O)[C@H](O)[C@H]1O. The van der Waals surface area contributed by atoms with Crippen LogP contribution in [-0.4, -0.2) is 115 Å². The van der Waals surface area contributed by atoms with E-state index in [1.54, 1.807) is 0 Å². The van der Waals surface area contributed by atoms with Gasteiger partial charge in [-0.05, 0) is 0 Å². The molecule has 2 rings (SSSR count). The lowest BCUT2D eigenvalue weighted by Crippen LogP contribution is -2.46. The molecule has 4 unspecified atom stereocenters. The molecule has 2 heterocycles. The minimum Gasteiger partial charge on any atom is -0.394 e. The molecule has 0 aromatic rings. The van der Waals surface area contributed by atoms with Crippen molar-refractivity contribution in [1.82, 2.24) is 0 Å². The monoisotopic (exact) mass is 342 g/mol. The highest BCUT2D eigenvalue weighted by molar-refractivity contribution is 4.94. The van der Waals surface area contributed by atoms with Crippen LogP contribution in [0.1, 0.15) is 0 Å². The summed E-state index contributed by atoms with van der Waals surface area (Å²) in [6.45, 7) is -1.43. The van der Waals surface area contributed by atoms with Crippen molar-refractivity contribution < 1.29 is 55.1 Å². The summed E-state index contributed by atoms with van der Waals surface area (Å²) < 4.78 is 15.2. The van der Waals surface area contributed by atoms with Gasteiger partial charge in [0.05, 0.1) is 13.2 Å². The molecule has 2 fully saturated rings. The molecule has 2 aliphatic rings. The van der Waals surface area contributed by atoms with Crippen LogP contribution < -0.4 is 0 Å². The van der Waals surface area contributed by atoms with Crippen LogP contribution in [0, 0.1) is 0 Å². The van der Waals surface area contributed by atoms with Gasteiger partial charge in [-0.25, -0.2) is 0 Å². The molecule has 0 radical (unpaired) electrons. The van der Waals surface area contributed by atoms with Crippen LogP contribution in [0.5, 0.6) is 0 Å². The van der Waals surface area contributed by atoms with Crippen LogP contribution >= 0.6 is 0 Å². The predicted octanol–water partition coefficient (Wildman–Crippen LogP) is -5.40. The zero-order valence-corrected chi connectivity index (χ0v) is 12.0. The van der Waals surface area contributed by atoms with E-state index >= 15 is 0 Å². The average Bonchev–Trinajstić information content (AvgIpc) is 2.96. The topological polar surface area (TPSA) is 190 Å². The molecule has 0 aromatic heterocycles. The van der Waals surface area contributed by atoms with Gasteiger partial charge in [0.1, 0.15) is 48.8 Å². The van der Waals surface area contributed by atoms with E-state index in [0.717, 1.165) is 0 Å². The average molecular weight is 342 g/mol. The molecular weight excluding hydrogens is 320 g/mol. The van der Waals surface area contributed by atoms with Crippen molar-refractivity contribution >= 4 is 0 Å². The smallest absolute Gasteiger partial charge is 0.187 e. The van der Waals surface area contributed by atoms with Crippen molar-refractivity contribution in [3.63, 3.8) is 0 Å². The van der Waals surface area contributed by atoms with Gasteiger partial charge in [0, 0.05) is 0 Å². The minimum absolute atomic E-state index is 0.711. The second kappa shape index (κ2) is 7.63. The number of ether oxygens (including phenoxy) is 3. The quantitative estimate of drug-likeness (QED) is 0.230. The van der Waals surface area contributed by atoms with Crippen molar-refractivity contribution in [1.29, 1.82) is 0 Å². The van der Waals surface area contributed by atoms with Gasteiger partial charge >= 0.3 is 0 Å². The van der Waals surface area contributed by atoms with Gasteiger partial charge in [-0.3, -0.25) is 0 Å². The molecular formula is C12H22O11. The zero-order chi connectivity index (χ0) is 17.3. The molecule has 0 spiro atoms. The van der Waals surface area contributed by atoms with Gasteiger partial charge in [-0.1, -0.05) is 0 Å². The molecule has 11 nitrogen and oxygen atoms in total. The Hall–Kier alpha value is -0.440. The van der Waals surface area contributed by atoms with Crippen molar-refractivity contribution in [2.75, 3.05) is 13.2 Å². The first-order valence-corrected chi connectivity index (χ1v) is 7.08. The Labute approximate surface area is 130 Å². The Morgan fingerprint density at radius 1 is 0.783 bits per heavy atom. The first-order valence-electron chi connectivity index (χ1n) is 7.08. The van der Waals surface area contributed by atoms with Gasteiger partial charge in [0.25, 0.3) is 0 Å². The summed E-state index contributed by atoms with van der Waals surface area (Å²) >= 11 is 0. The Morgan fingerprint density at radius 2 is 1.39 bits per heavy atom. The van der Waals surface area contributed by atoms with Crippen LogP contribution in [0.2, 0.25) is 0 Å². The van der Waals surface area contributed by atoms with E-state index in [1.165, 1.54) is 0 Å². The maximum atomic E-state index is 9.85. The normalized spacial score (nSPS) is 47.0. The lowest BCUT2D eigenvalue weighted by molar-refractivity contribution is -0.239. The second-order valence-electron chi connectivity index (χ2n) is 5.53. The highest BCUT2D eigenvalue weighted by Gasteiger charge is 2.51. The molecule has 8 N–H and O–H groups in total. The fraction of sp³-hybridized carbons (Fsp3) is 1.00. The van der Waals surface area contributed by atoms with E-state index in [-0.39, 0.29) is 0 Å². The number of hydrogen-bond acceptors (Lipinski definition) is 11. The zero-order valence-electron chi connectivity index (χ0n) is 12.0. The van der Waals surface area contributed by atoms with E-state index < -0.39 is 74.6 Å². The number of aliphatic hydroxyl groups excluding tert-OH is 8. The van der Waals surface area contributed by atoms with Gasteiger partial charge < -0.3 is 55.1 Å². The molecule has 0 aromatic carbocycles. The standard InChI is InChI=1S/C12H22O11/c13-1-3(15)9-6(17)8(19)12(23-9)21-4(2-14)10-5(16)7(18)11(20)22-10/h3-20H,1-2H2/t3?,4-,5+,6+,7+,8+,9-,10?,11?,12?/m0/s1. The third kappa shape index (κ3) is 3.65. The summed E-state index contributed by atoms with van der Waals surface area (Å²) in [5, 5.41) is 75.8. The van der Waals surface area contributed by atoms with Gasteiger partial charge in [0.15, 0.2) is 12.6 Å². The minimum atomic E-state index is -1.67. The van der Waals surface area contributed by atoms with Gasteiger partial charge in [-0.2, -0.15) is 0 Å². The van der Waals surface area contributed by atoms with Crippen LogP contribution in [0.4, 0.5) is 0 Å². The highest BCUT2D eigenvalue weighted by atomic mass is 16.7. The summed E-state index contributed by atoms with van der Waals surface area (Å²) in [5.74, 6) is 0. The highest BCUT2D eigenvalue weighted by Crippen LogP contribution is 2.29. The van der Waals surface area contributed by atoms with E-state index in [0.29, 0.717) is 0 Å². The lowest BCUT2D eigenvalue weighted by Gasteiger charge is -2.27. The molecule has 11 heteroatoms. The third-order valence-electron chi connectivity index (χ3n) is 3.95. The van der Waals surface area contributed by atoms with Crippen LogP contribution in [0.15, 0.2) is 0 Å². The molecule has 0 bridgehead atoms.